The number of benzene rings is 1. The van der Waals surface area contributed by atoms with Gasteiger partial charge in [-0.25, -0.2) is 9.97 Å². The van der Waals surface area contributed by atoms with Gasteiger partial charge < -0.3 is 30.5 Å². The molecule has 0 spiro atoms. The number of carbonyl (C=O) groups is 2. The van der Waals surface area contributed by atoms with Crippen LogP contribution in [0.5, 0.6) is 5.75 Å². The lowest BCUT2D eigenvalue weighted by molar-refractivity contribution is -0.116. The molecule has 2 aromatic heterocycles. The SMILES string of the molecule is CNC(=O)c1cnc(NC(=O)CCN2CCN(C)CC2)cc1Nc1cccc(-c2ncn(C)n2)c1OC. The largest absolute Gasteiger partial charge is 0.494 e. The molecule has 3 heterocycles. The van der Waals surface area contributed by atoms with Gasteiger partial charge >= 0.3 is 0 Å². The van der Waals surface area contributed by atoms with Gasteiger partial charge in [0, 0.05) is 65.5 Å². The normalized spacial score (nSPS) is 14.3. The Balaban J connectivity index is 1.54. The lowest BCUT2D eigenvalue weighted by Gasteiger charge is -2.32. The summed E-state index contributed by atoms with van der Waals surface area (Å²) in [5.41, 5.74) is 2.09. The fourth-order valence-electron chi connectivity index (χ4n) is 4.12. The van der Waals surface area contributed by atoms with Crippen molar-refractivity contribution in [1.82, 2.24) is 34.9 Å². The quantitative estimate of drug-likeness (QED) is 0.395. The van der Waals surface area contributed by atoms with Crippen molar-refractivity contribution in [2.24, 2.45) is 7.05 Å². The van der Waals surface area contributed by atoms with Crippen molar-refractivity contribution in [3.8, 4) is 17.1 Å². The fraction of sp³-hybridized carbons (Fsp3) is 0.400. The van der Waals surface area contributed by atoms with Crippen LogP contribution in [0.25, 0.3) is 11.4 Å². The molecular formula is C25H33N9O3. The topological polar surface area (TPSA) is 130 Å². The Bertz CT molecular complexity index is 1250. The molecule has 1 aromatic carbocycles. The van der Waals surface area contributed by atoms with Crippen LogP contribution in [0.3, 0.4) is 0 Å². The highest BCUT2D eigenvalue weighted by Crippen LogP contribution is 2.37. The van der Waals surface area contributed by atoms with Gasteiger partial charge in [-0.3, -0.25) is 14.3 Å². The van der Waals surface area contributed by atoms with Gasteiger partial charge in [-0.2, -0.15) is 5.10 Å². The zero-order valence-corrected chi connectivity index (χ0v) is 21.6. The number of likely N-dealkylation sites (N-methyl/N-ethyl adjacent to an activating group) is 1. The molecule has 1 aliphatic rings. The average molecular weight is 508 g/mol. The standard InChI is InChI=1S/C25H33N9O3/c1-26-25(36)18-15-27-21(30-22(35)8-9-34-12-10-32(2)11-13-34)14-20(18)29-19-7-5-6-17(23(19)37-4)24-28-16-33(3)31-24/h5-7,14-16H,8-13H2,1-4H3,(H,26,36)(H2,27,29,30,35). The summed E-state index contributed by atoms with van der Waals surface area (Å²) in [4.78, 5) is 38.4. The van der Waals surface area contributed by atoms with Crippen LogP contribution < -0.4 is 20.7 Å². The number of nitrogens with zero attached hydrogens (tertiary/aromatic N) is 6. The summed E-state index contributed by atoms with van der Waals surface area (Å²) < 4.78 is 7.30. The second kappa shape index (κ2) is 11.8. The minimum Gasteiger partial charge on any atom is -0.494 e. The van der Waals surface area contributed by atoms with E-state index in [1.54, 1.807) is 38.3 Å². The van der Waals surface area contributed by atoms with Crippen LogP contribution in [0.15, 0.2) is 36.8 Å². The molecule has 37 heavy (non-hydrogen) atoms. The number of piperazine rings is 1. The summed E-state index contributed by atoms with van der Waals surface area (Å²) in [6.45, 7) is 4.59. The van der Waals surface area contributed by atoms with E-state index < -0.39 is 0 Å². The lowest BCUT2D eigenvalue weighted by atomic mass is 10.1. The molecular weight excluding hydrogens is 474 g/mol. The molecule has 0 saturated carbocycles. The molecule has 3 aromatic rings. The second-order valence-corrected chi connectivity index (χ2v) is 8.89. The fourth-order valence-corrected chi connectivity index (χ4v) is 4.12. The van der Waals surface area contributed by atoms with Crippen molar-refractivity contribution in [3.63, 3.8) is 0 Å². The minimum absolute atomic E-state index is 0.133. The summed E-state index contributed by atoms with van der Waals surface area (Å²) in [5.74, 6) is 0.930. The van der Waals surface area contributed by atoms with Crippen LogP contribution in [0.4, 0.5) is 17.2 Å². The first-order valence-electron chi connectivity index (χ1n) is 12.1. The van der Waals surface area contributed by atoms with Crippen LogP contribution in [0.1, 0.15) is 16.8 Å². The summed E-state index contributed by atoms with van der Waals surface area (Å²) in [6, 6.07) is 7.17. The van der Waals surface area contributed by atoms with E-state index in [0.29, 0.717) is 52.9 Å². The van der Waals surface area contributed by atoms with E-state index in [0.717, 1.165) is 26.2 Å². The molecule has 1 fully saturated rings. The summed E-state index contributed by atoms with van der Waals surface area (Å²) in [5, 5.41) is 13.1. The van der Waals surface area contributed by atoms with E-state index >= 15 is 0 Å². The van der Waals surface area contributed by atoms with Crippen molar-refractivity contribution in [2.75, 3.05) is 64.6 Å². The molecule has 12 nitrogen and oxygen atoms in total. The molecule has 0 bridgehead atoms. The third kappa shape index (κ3) is 6.40. The molecule has 12 heteroatoms. The Morgan fingerprint density at radius 1 is 1.08 bits per heavy atom. The average Bonchev–Trinajstić information content (AvgIpc) is 3.34. The van der Waals surface area contributed by atoms with E-state index in [4.69, 9.17) is 4.74 Å². The molecule has 3 N–H and O–H groups in total. The zero-order chi connectivity index (χ0) is 26.4. The molecule has 196 valence electrons. The van der Waals surface area contributed by atoms with E-state index in [-0.39, 0.29) is 11.8 Å². The van der Waals surface area contributed by atoms with Crippen molar-refractivity contribution in [1.29, 1.82) is 0 Å². The van der Waals surface area contributed by atoms with Gasteiger partial charge in [0.2, 0.25) is 5.91 Å². The van der Waals surface area contributed by atoms with Gasteiger partial charge in [0.1, 0.15) is 12.1 Å². The van der Waals surface area contributed by atoms with Crippen molar-refractivity contribution >= 4 is 29.0 Å². The smallest absolute Gasteiger partial charge is 0.254 e. The van der Waals surface area contributed by atoms with Gasteiger partial charge in [-0.05, 0) is 19.2 Å². The predicted molar refractivity (Wildman–Crippen MR) is 141 cm³/mol. The Kier molecular flexibility index (Phi) is 8.31. The Morgan fingerprint density at radius 3 is 2.54 bits per heavy atom. The number of hydrogen-bond acceptors (Lipinski definition) is 9. The van der Waals surface area contributed by atoms with Crippen molar-refractivity contribution < 1.29 is 14.3 Å². The van der Waals surface area contributed by atoms with Crippen molar-refractivity contribution in [2.45, 2.75) is 6.42 Å². The van der Waals surface area contributed by atoms with E-state index in [9.17, 15) is 9.59 Å². The molecule has 1 aliphatic heterocycles. The Labute approximate surface area is 216 Å². The summed E-state index contributed by atoms with van der Waals surface area (Å²) in [7, 11) is 7.00. The predicted octanol–water partition coefficient (Wildman–Crippen LogP) is 1.56. The van der Waals surface area contributed by atoms with Crippen LogP contribution in [-0.2, 0) is 11.8 Å². The highest BCUT2D eigenvalue weighted by atomic mass is 16.5. The van der Waals surface area contributed by atoms with Gasteiger partial charge in [-0.15, -0.1) is 0 Å². The molecule has 0 aliphatic carbocycles. The lowest BCUT2D eigenvalue weighted by Crippen LogP contribution is -2.45. The molecule has 0 radical (unpaired) electrons. The molecule has 1 saturated heterocycles. The Morgan fingerprint density at radius 2 is 1.86 bits per heavy atom. The van der Waals surface area contributed by atoms with Crippen LogP contribution in [0, 0.1) is 0 Å². The number of pyridine rings is 1. The maximum absolute atomic E-state index is 12.6. The summed E-state index contributed by atoms with van der Waals surface area (Å²) in [6.07, 6.45) is 3.41. The van der Waals surface area contributed by atoms with E-state index in [1.165, 1.54) is 6.20 Å². The van der Waals surface area contributed by atoms with Gasteiger partial charge in [0.05, 0.1) is 29.6 Å². The molecule has 4 rings (SSSR count). The zero-order valence-electron chi connectivity index (χ0n) is 21.6. The van der Waals surface area contributed by atoms with Crippen molar-refractivity contribution in [3.05, 3.63) is 42.4 Å². The number of nitrogens with one attached hydrogen (secondary N) is 3. The molecule has 0 unspecified atom stereocenters. The van der Waals surface area contributed by atoms with E-state index in [1.807, 2.05) is 18.2 Å². The third-order valence-corrected chi connectivity index (χ3v) is 6.22. The Hall–Kier alpha value is -4.03. The number of hydrogen-bond donors (Lipinski definition) is 3. The highest BCUT2D eigenvalue weighted by molar-refractivity contribution is 6.01. The number of carbonyl (C=O) groups excluding carboxylic acids is 2. The highest BCUT2D eigenvalue weighted by Gasteiger charge is 2.19. The number of amides is 2. The first-order chi connectivity index (χ1) is 17.9. The number of anilines is 3. The van der Waals surface area contributed by atoms with Gasteiger partial charge in [-0.1, -0.05) is 6.07 Å². The van der Waals surface area contributed by atoms with Crippen LogP contribution in [0.2, 0.25) is 0 Å². The number of rotatable bonds is 9. The van der Waals surface area contributed by atoms with Crippen LogP contribution >= 0.6 is 0 Å². The number of methoxy groups -OCH3 is 1. The van der Waals surface area contributed by atoms with E-state index in [2.05, 4.69) is 47.9 Å². The first kappa shape index (κ1) is 26.0. The number of aryl methyl sites for hydroxylation is 1. The number of ether oxygens (including phenoxy) is 1. The molecule has 0 atom stereocenters. The number of para-hydroxylation sites is 1. The minimum atomic E-state index is -0.315. The van der Waals surface area contributed by atoms with Gasteiger partial charge in [0.15, 0.2) is 11.6 Å². The maximum Gasteiger partial charge on any atom is 0.254 e. The molecule has 2 amide bonds. The van der Waals surface area contributed by atoms with Crippen LogP contribution in [-0.4, -0.2) is 95.3 Å². The second-order valence-electron chi connectivity index (χ2n) is 8.89. The summed E-state index contributed by atoms with van der Waals surface area (Å²) >= 11 is 0. The third-order valence-electron chi connectivity index (χ3n) is 6.22. The first-order valence-corrected chi connectivity index (χ1v) is 12.1. The monoisotopic (exact) mass is 507 g/mol. The van der Waals surface area contributed by atoms with Gasteiger partial charge in [0.25, 0.3) is 5.91 Å². The number of aromatic nitrogens is 4. The maximum atomic E-state index is 12.6.